The van der Waals surface area contributed by atoms with Gasteiger partial charge in [-0.3, -0.25) is 4.79 Å². The van der Waals surface area contributed by atoms with Gasteiger partial charge in [0, 0.05) is 11.5 Å². The second-order valence-electron chi connectivity index (χ2n) is 5.06. The first-order valence-electron chi connectivity index (χ1n) is 5.22. The summed E-state index contributed by atoms with van der Waals surface area (Å²) >= 11 is 1.54. The summed E-state index contributed by atoms with van der Waals surface area (Å²) < 4.78 is 0. The zero-order valence-corrected chi connectivity index (χ0v) is 10.9. The molecule has 0 aliphatic carbocycles. The van der Waals surface area contributed by atoms with Gasteiger partial charge in [-0.05, 0) is 32.9 Å². The third-order valence-electron chi connectivity index (χ3n) is 1.87. The fourth-order valence-corrected chi connectivity index (χ4v) is 2.39. The van der Waals surface area contributed by atoms with Crippen molar-refractivity contribution in [2.75, 3.05) is 5.32 Å². The maximum absolute atomic E-state index is 11.7. The SMILES string of the molecule is CC(C)C(=O)c1ccc(NC(C)(C)C)s1. The van der Waals surface area contributed by atoms with Crippen LogP contribution >= 0.6 is 11.3 Å². The molecule has 1 aromatic heterocycles. The van der Waals surface area contributed by atoms with Crippen LogP contribution < -0.4 is 5.32 Å². The summed E-state index contributed by atoms with van der Waals surface area (Å²) in [6.45, 7) is 10.2. The van der Waals surface area contributed by atoms with Gasteiger partial charge < -0.3 is 5.32 Å². The Bertz CT molecular complexity index is 347. The predicted octanol–water partition coefficient (Wildman–Crippen LogP) is 3.80. The van der Waals surface area contributed by atoms with E-state index >= 15 is 0 Å². The van der Waals surface area contributed by atoms with Crippen molar-refractivity contribution in [1.82, 2.24) is 0 Å². The van der Waals surface area contributed by atoms with Crippen LogP contribution in [0.3, 0.4) is 0 Å². The quantitative estimate of drug-likeness (QED) is 0.793. The Hall–Kier alpha value is -0.830. The van der Waals surface area contributed by atoms with E-state index < -0.39 is 0 Å². The van der Waals surface area contributed by atoms with Crippen molar-refractivity contribution in [1.29, 1.82) is 0 Å². The monoisotopic (exact) mass is 225 g/mol. The molecule has 0 radical (unpaired) electrons. The third-order valence-corrected chi connectivity index (χ3v) is 2.89. The Morgan fingerprint density at radius 1 is 1.33 bits per heavy atom. The number of hydrogen-bond donors (Lipinski definition) is 1. The molecule has 1 aromatic rings. The summed E-state index contributed by atoms with van der Waals surface area (Å²) in [5.74, 6) is 0.299. The van der Waals surface area contributed by atoms with Crippen molar-refractivity contribution in [3.05, 3.63) is 17.0 Å². The van der Waals surface area contributed by atoms with Crippen LogP contribution in [0, 0.1) is 5.92 Å². The number of nitrogens with one attached hydrogen (secondary N) is 1. The number of carbonyl (C=O) groups excluding carboxylic acids is 1. The van der Waals surface area contributed by atoms with Gasteiger partial charge in [-0.2, -0.15) is 0 Å². The number of rotatable bonds is 3. The van der Waals surface area contributed by atoms with E-state index in [1.165, 1.54) is 11.3 Å². The van der Waals surface area contributed by atoms with Crippen molar-refractivity contribution in [3.63, 3.8) is 0 Å². The fourth-order valence-electron chi connectivity index (χ4n) is 1.19. The summed E-state index contributed by atoms with van der Waals surface area (Å²) in [6.07, 6.45) is 0. The summed E-state index contributed by atoms with van der Waals surface area (Å²) in [5.41, 5.74) is 0.0446. The molecule has 0 unspecified atom stereocenters. The number of ketones is 1. The van der Waals surface area contributed by atoms with Crippen LogP contribution in [0.1, 0.15) is 44.3 Å². The topological polar surface area (TPSA) is 29.1 Å². The normalized spacial score (nSPS) is 11.9. The number of thiophene rings is 1. The molecule has 0 aromatic carbocycles. The molecule has 84 valence electrons. The van der Waals surface area contributed by atoms with Crippen molar-refractivity contribution < 1.29 is 4.79 Å². The van der Waals surface area contributed by atoms with Gasteiger partial charge in [-0.25, -0.2) is 0 Å². The number of Topliss-reactive ketones (excluding diaryl/α,β-unsaturated/α-hetero) is 1. The zero-order valence-electron chi connectivity index (χ0n) is 10.0. The second kappa shape index (κ2) is 4.35. The van der Waals surface area contributed by atoms with E-state index in [0.29, 0.717) is 0 Å². The van der Waals surface area contributed by atoms with Crippen molar-refractivity contribution in [2.24, 2.45) is 5.92 Å². The van der Waals surface area contributed by atoms with Crippen LogP contribution in [0.15, 0.2) is 12.1 Å². The molecule has 0 atom stereocenters. The van der Waals surface area contributed by atoms with Crippen LogP contribution in [-0.2, 0) is 0 Å². The largest absolute Gasteiger partial charge is 0.372 e. The number of carbonyl (C=O) groups is 1. The van der Waals surface area contributed by atoms with Crippen LogP contribution in [0.5, 0.6) is 0 Å². The van der Waals surface area contributed by atoms with E-state index in [1.807, 2.05) is 26.0 Å². The van der Waals surface area contributed by atoms with Crippen LogP contribution in [0.4, 0.5) is 5.00 Å². The Morgan fingerprint density at radius 2 is 1.93 bits per heavy atom. The molecule has 0 fully saturated rings. The molecule has 2 nitrogen and oxygen atoms in total. The zero-order chi connectivity index (χ0) is 11.6. The highest BCUT2D eigenvalue weighted by molar-refractivity contribution is 7.18. The van der Waals surface area contributed by atoms with Gasteiger partial charge in [0.1, 0.15) is 0 Å². The minimum Gasteiger partial charge on any atom is -0.372 e. The van der Waals surface area contributed by atoms with Gasteiger partial charge in [0.05, 0.1) is 9.88 Å². The predicted molar refractivity (Wildman–Crippen MR) is 66.9 cm³/mol. The van der Waals surface area contributed by atoms with Gasteiger partial charge >= 0.3 is 0 Å². The maximum Gasteiger partial charge on any atom is 0.175 e. The lowest BCUT2D eigenvalue weighted by molar-refractivity contribution is 0.0943. The first-order chi connectivity index (χ1) is 6.79. The van der Waals surface area contributed by atoms with E-state index in [2.05, 4.69) is 26.1 Å². The molecule has 3 heteroatoms. The lowest BCUT2D eigenvalue weighted by Gasteiger charge is -2.20. The second-order valence-corrected chi connectivity index (χ2v) is 6.14. The third kappa shape index (κ3) is 3.67. The standard InChI is InChI=1S/C12H19NOS/c1-8(2)11(14)9-6-7-10(15-9)13-12(3,4)5/h6-8,13H,1-5H3. The molecule has 0 spiro atoms. The Labute approximate surface area is 95.7 Å². The molecule has 15 heavy (non-hydrogen) atoms. The fraction of sp³-hybridized carbons (Fsp3) is 0.583. The molecular formula is C12H19NOS. The van der Waals surface area contributed by atoms with E-state index in [9.17, 15) is 4.79 Å². The average molecular weight is 225 g/mol. The first-order valence-corrected chi connectivity index (χ1v) is 6.03. The smallest absolute Gasteiger partial charge is 0.175 e. The van der Waals surface area contributed by atoms with Gasteiger partial charge in [0.2, 0.25) is 0 Å². The molecule has 0 saturated heterocycles. The minimum absolute atomic E-state index is 0.0446. The van der Waals surface area contributed by atoms with Gasteiger partial charge in [-0.15, -0.1) is 11.3 Å². The average Bonchev–Trinajstić information content (AvgIpc) is 2.48. The lowest BCUT2D eigenvalue weighted by atomic mass is 10.1. The molecule has 0 amide bonds. The van der Waals surface area contributed by atoms with Gasteiger partial charge in [0.25, 0.3) is 0 Å². The highest BCUT2D eigenvalue weighted by Gasteiger charge is 2.15. The van der Waals surface area contributed by atoms with Crippen LogP contribution in [-0.4, -0.2) is 11.3 Å². The minimum atomic E-state index is 0.0446. The van der Waals surface area contributed by atoms with E-state index in [1.54, 1.807) is 0 Å². The Kier molecular flexibility index (Phi) is 3.55. The molecule has 0 aliphatic heterocycles. The molecule has 0 bridgehead atoms. The molecule has 0 saturated carbocycles. The highest BCUT2D eigenvalue weighted by atomic mass is 32.1. The first kappa shape index (κ1) is 12.2. The molecular weight excluding hydrogens is 206 g/mol. The summed E-state index contributed by atoms with van der Waals surface area (Å²) in [5, 5.41) is 4.42. The summed E-state index contributed by atoms with van der Waals surface area (Å²) in [6, 6.07) is 3.88. The van der Waals surface area contributed by atoms with Crippen molar-refractivity contribution in [2.45, 2.75) is 40.2 Å². The molecule has 1 rings (SSSR count). The Balaban J connectivity index is 2.77. The molecule has 1 heterocycles. The summed E-state index contributed by atoms with van der Waals surface area (Å²) in [4.78, 5) is 12.6. The summed E-state index contributed by atoms with van der Waals surface area (Å²) in [7, 11) is 0. The van der Waals surface area contributed by atoms with Gasteiger partial charge in [0.15, 0.2) is 5.78 Å². The molecule has 0 aliphatic rings. The number of anilines is 1. The van der Waals surface area contributed by atoms with Gasteiger partial charge in [-0.1, -0.05) is 13.8 Å². The molecule has 1 N–H and O–H groups in total. The number of hydrogen-bond acceptors (Lipinski definition) is 3. The maximum atomic E-state index is 11.7. The van der Waals surface area contributed by atoms with Crippen molar-refractivity contribution in [3.8, 4) is 0 Å². The lowest BCUT2D eigenvalue weighted by Crippen LogP contribution is -2.25. The Morgan fingerprint density at radius 3 is 2.40 bits per heavy atom. The van der Waals surface area contributed by atoms with E-state index in [0.717, 1.165) is 9.88 Å². The van der Waals surface area contributed by atoms with Crippen LogP contribution in [0.25, 0.3) is 0 Å². The van der Waals surface area contributed by atoms with E-state index in [4.69, 9.17) is 0 Å². The van der Waals surface area contributed by atoms with Crippen LogP contribution in [0.2, 0.25) is 0 Å². The highest BCUT2D eigenvalue weighted by Crippen LogP contribution is 2.26. The van der Waals surface area contributed by atoms with Crippen molar-refractivity contribution >= 4 is 22.1 Å². The van der Waals surface area contributed by atoms with E-state index in [-0.39, 0.29) is 17.2 Å².